The zero-order valence-electron chi connectivity index (χ0n) is 6.49. The first-order valence-electron chi connectivity index (χ1n) is 2.36. The molecule has 7 heteroatoms. The van der Waals surface area contributed by atoms with Crippen LogP contribution in [0.4, 0.5) is 0 Å². The molecule has 0 spiro atoms. The minimum atomic E-state index is -4.22. The van der Waals surface area contributed by atoms with Crippen molar-refractivity contribution in [2.75, 3.05) is 5.75 Å². The van der Waals surface area contributed by atoms with Crippen LogP contribution in [0.5, 0.6) is 0 Å². The number of hydrogen-bond donors (Lipinski definition) is 2. The third-order valence-electron chi connectivity index (χ3n) is 0.397. The predicted molar refractivity (Wildman–Crippen MR) is 38.0 cm³/mol. The summed E-state index contributed by atoms with van der Waals surface area (Å²) in [6, 6.07) is 0. The van der Waals surface area contributed by atoms with Crippen LogP contribution in [0.1, 0.15) is 0 Å². The summed E-state index contributed by atoms with van der Waals surface area (Å²) in [5, 5.41) is 0. The van der Waals surface area contributed by atoms with Crippen LogP contribution >= 0.6 is 0 Å². The topological polar surface area (TPSA) is 109 Å². The Morgan fingerprint density at radius 1 is 1.36 bits per heavy atom. The van der Waals surface area contributed by atoms with Crippen molar-refractivity contribution >= 4 is 10.1 Å². The van der Waals surface area contributed by atoms with Crippen LogP contribution in [0.25, 0.3) is 0 Å². The second-order valence-electron chi connectivity index (χ2n) is 1.39. The van der Waals surface area contributed by atoms with Gasteiger partial charge < -0.3 is 16.0 Å². The summed E-state index contributed by atoms with van der Waals surface area (Å²) < 4.78 is 29.2. The summed E-state index contributed by atoms with van der Waals surface area (Å²) in [7, 11) is -4.22. The molecule has 0 atom stereocenters. The monoisotopic (exact) mass is 190 g/mol. The van der Waals surface area contributed by atoms with Gasteiger partial charge in [0.1, 0.15) is 0 Å². The van der Waals surface area contributed by atoms with E-state index in [9.17, 15) is 13.0 Å². The smallest absolute Gasteiger partial charge is 0.748 e. The van der Waals surface area contributed by atoms with Gasteiger partial charge in [-0.15, -0.1) is 13.2 Å². The van der Waals surface area contributed by atoms with E-state index in [4.69, 9.17) is 11.5 Å². The first-order chi connectivity index (χ1) is 4.42. The Kier molecular flexibility index (Phi) is 13.9. The van der Waals surface area contributed by atoms with E-state index >= 15 is 0 Å². The van der Waals surface area contributed by atoms with Crippen molar-refractivity contribution in [2.45, 2.75) is 6.17 Å². The van der Waals surface area contributed by atoms with Crippen LogP contribution in [0.15, 0.2) is 13.2 Å². The molecule has 0 aliphatic rings. The Morgan fingerprint density at radius 3 is 1.64 bits per heavy atom. The summed E-state index contributed by atoms with van der Waals surface area (Å²) in [4.78, 5) is 0. The molecule has 0 aliphatic heterocycles. The Labute approximate surface area is 88.9 Å². The summed E-state index contributed by atoms with van der Waals surface area (Å²) >= 11 is 0. The van der Waals surface area contributed by atoms with Gasteiger partial charge in [0.15, 0.2) is 0 Å². The van der Waals surface area contributed by atoms with Crippen LogP contribution in [-0.2, 0) is 10.1 Å². The first-order valence-corrected chi connectivity index (χ1v) is 3.94. The molecule has 0 rings (SSSR count). The molecule has 0 fully saturated rings. The van der Waals surface area contributed by atoms with E-state index in [0.29, 0.717) is 0 Å². The van der Waals surface area contributed by atoms with Crippen molar-refractivity contribution in [3.8, 4) is 0 Å². The van der Waals surface area contributed by atoms with Crippen molar-refractivity contribution < 1.29 is 42.5 Å². The molecule has 0 saturated carbocycles. The van der Waals surface area contributed by atoms with Gasteiger partial charge in [0.05, 0.1) is 22.0 Å². The summed E-state index contributed by atoms with van der Waals surface area (Å²) in [5.41, 5.74) is 9.55. The van der Waals surface area contributed by atoms with Crippen LogP contribution in [-0.4, -0.2) is 24.9 Å². The number of hydrogen-bond acceptors (Lipinski definition) is 5. The van der Waals surface area contributed by atoms with Crippen molar-refractivity contribution in [1.82, 2.24) is 0 Å². The Balaban J connectivity index is -0.000000196. The zero-order valence-corrected chi connectivity index (χ0v) is 9.30. The predicted octanol–water partition coefficient (Wildman–Crippen LogP) is -4.42. The Morgan fingerprint density at radius 2 is 1.64 bits per heavy atom. The van der Waals surface area contributed by atoms with Crippen molar-refractivity contribution in [3.63, 3.8) is 0 Å². The van der Waals surface area contributed by atoms with E-state index in [-0.39, 0.29) is 29.6 Å². The van der Waals surface area contributed by atoms with Gasteiger partial charge in [0, 0.05) is 0 Å². The minimum Gasteiger partial charge on any atom is -0.748 e. The van der Waals surface area contributed by atoms with Gasteiger partial charge in [0.2, 0.25) is 0 Å². The largest absolute Gasteiger partial charge is 1.00 e. The second-order valence-corrected chi connectivity index (χ2v) is 2.84. The zero-order chi connectivity index (χ0) is 8.78. The first kappa shape index (κ1) is 17.6. The van der Waals surface area contributed by atoms with Crippen molar-refractivity contribution in [1.29, 1.82) is 0 Å². The van der Waals surface area contributed by atoms with E-state index in [0.717, 1.165) is 0 Å². The number of rotatable bonds is 2. The molecule has 0 heterocycles. The Bertz CT molecular complexity index is 168. The van der Waals surface area contributed by atoms with Gasteiger partial charge in [0.25, 0.3) is 0 Å². The van der Waals surface area contributed by atoms with Gasteiger partial charge in [-0.3, -0.25) is 0 Å². The quantitative estimate of drug-likeness (QED) is 0.198. The standard InChI is InChI=1S/C2H8N2O3S.C2H4.Na/c3-2(4)1-8(5,6)7;1-2;/h2H,1,3-4H2,(H,5,6,7);1-2H2;/q;;+1/p-1. The van der Waals surface area contributed by atoms with Crippen molar-refractivity contribution in [3.05, 3.63) is 13.2 Å². The third-order valence-corrected chi connectivity index (χ3v) is 1.19. The molecule has 0 aromatic rings. The third kappa shape index (κ3) is 25.0. The van der Waals surface area contributed by atoms with E-state index in [1.165, 1.54) is 0 Å². The Hall–Kier alpha value is 0.570. The molecule has 5 nitrogen and oxygen atoms in total. The fraction of sp³-hybridized carbons (Fsp3) is 0.500. The minimum absolute atomic E-state index is 0. The molecule has 4 N–H and O–H groups in total. The van der Waals surface area contributed by atoms with Gasteiger partial charge in [-0.05, 0) is 0 Å². The fourth-order valence-corrected chi connectivity index (χ4v) is 0.707. The maximum absolute atomic E-state index is 9.73. The van der Waals surface area contributed by atoms with Crippen LogP contribution in [0.3, 0.4) is 0 Å². The molecule has 0 unspecified atom stereocenters. The molecule has 0 aromatic heterocycles. The van der Waals surface area contributed by atoms with Gasteiger partial charge >= 0.3 is 29.6 Å². The van der Waals surface area contributed by atoms with E-state index < -0.39 is 22.0 Å². The van der Waals surface area contributed by atoms with Crippen molar-refractivity contribution in [2.24, 2.45) is 11.5 Å². The molecule has 0 saturated heterocycles. The van der Waals surface area contributed by atoms with Crippen LogP contribution < -0.4 is 41.0 Å². The summed E-state index contributed by atoms with van der Waals surface area (Å²) in [6.07, 6.45) is -1.06. The average Bonchev–Trinajstić information content (AvgIpc) is 1.64. The number of nitrogens with two attached hydrogens (primary N) is 2. The average molecular weight is 190 g/mol. The normalized spacial score (nSPS) is 9.45. The van der Waals surface area contributed by atoms with E-state index in [2.05, 4.69) is 13.2 Å². The van der Waals surface area contributed by atoms with E-state index in [1.54, 1.807) is 0 Å². The fourth-order valence-electron chi connectivity index (χ4n) is 0.236. The maximum atomic E-state index is 9.73. The molecule has 11 heavy (non-hydrogen) atoms. The molecule has 62 valence electrons. The second kappa shape index (κ2) is 8.66. The summed E-state index contributed by atoms with van der Waals surface area (Å²) in [6.45, 7) is 6.00. The molecular formula is C4H11N2NaO3S. The van der Waals surface area contributed by atoms with Gasteiger partial charge in [-0.1, -0.05) is 0 Å². The summed E-state index contributed by atoms with van der Waals surface area (Å²) in [5.74, 6) is -0.701. The van der Waals surface area contributed by atoms with E-state index in [1.807, 2.05) is 0 Å². The molecule has 0 aliphatic carbocycles. The molecule has 0 bridgehead atoms. The molecule has 0 radical (unpaired) electrons. The molecule has 0 aromatic carbocycles. The molecule has 0 amide bonds. The van der Waals surface area contributed by atoms with Crippen LogP contribution in [0, 0.1) is 0 Å². The van der Waals surface area contributed by atoms with Gasteiger partial charge in [-0.2, -0.15) is 0 Å². The maximum Gasteiger partial charge on any atom is 1.00 e. The molecular weight excluding hydrogens is 179 g/mol. The SMILES string of the molecule is C=C.NC(N)CS(=O)(=O)[O-].[Na+]. The van der Waals surface area contributed by atoms with Crippen LogP contribution in [0.2, 0.25) is 0 Å². The van der Waals surface area contributed by atoms with Gasteiger partial charge in [-0.25, -0.2) is 8.42 Å².